The van der Waals surface area contributed by atoms with Crippen LogP contribution in [0.4, 0.5) is 0 Å². The number of hydrogen-bond donors (Lipinski definition) is 1. The molecule has 0 radical (unpaired) electrons. The second kappa shape index (κ2) is 8.23. The second-order valence-electron chi connectivity index (χ2n) is 4.16. The third kappa shape index (κ3) is 11.9. The van der Waals surface area contributed by atoms with Crippen molar-refractivity contribution in [1.82, 2.24) is 5.32 Å². The average Bonchev–Trinajstić information content (AvgIpc) is 1.97. The fraction of sp³-hybridized carbons (Fsp3) is 0.700. The molecule has 0 atom stereocenters. The smallest absolute Gasteiger partial charge is 0.243 e. The van der Waals surface area contributed by atoms with Crippen LogP contribution >= 0.6 is 0 Å². The molecule has 0 aromatic carbocycles. The predicted molar refractivity (Wildman–Crippen MR) is 55.3 cm³/mol. The number of allylic oxidation sites excluding steroid dienone is 1. The molecule has 0 heterocycles. The number of halogens is 1. The molecule has 0 unspecified atom stereocenters. The summed E-state index contributed by atoms with van der Waals surface area (Å²) in [6.07, 6.45) is 4.31. The van der Waals surface area contributed by atoms with Gasteiger partial charge >= 0.3 is 0 Å². The highest BCUT2D eigenvalue weighted by Crippen LogP contribution is 1.91. The molecule has 0 aliphatic rings. The Bertz CT molecular complexity index is 185. The number of hydrogen-bond acceptors (Lipinski definition) is 1. The molecular weight excluding hydrogens is 291 g/mol. The molecule has 0 rings (SSSR count). The van der Waals surface area contributed by atoms with Crippen molar-refractivity contribution in [2.75, 3.05) is 34.2 Å². The maximum Gasteiger partial charge on any atom is 0.243 e. The molecule has 0 saturated heterocycles. The Morgan fingerprint density at radius 1 is 1.36 bits per heavy atom. The summed E-state index contributed by atoms with van der Waals surface area (Å²) in [5.74, 6) is 0.00362. The Balaban J connectivity index is 0. The van der Waals surface area contributed by atoms with Gasteiger partial charge in [0.2, 0.25) is 5.91 Å². The van der Waals surface area contributed by atoms with Crippen molar-refractivity contribution in [2.24, 2.45) is 0 Å². The van der Waals surface area contributed by atoms with E-state index in [1.165, 1.54) is 0 Å². The lowest BCUT2D eigenvalue weighted by atomic mass is 10.3. The highest BCUT2D eigenvalue weighted by molar-refractivity contribution is 5.87. The zero-order chi connectivity index (χ0) is 10.3. The monoisotopic (exact) mass is 312 g/mol. The van der Waals surface area contributed by atoms with Crippen LogP contribution in [0.3, 0.4) is 0 Å². The molecule has 14 heavy (non-hydrogen) atoms. The zero-order valence-electron chi connectivity index (χ0n) is 9.51. The molecule has 3 nitrogen and oxygen atoms in total. The van der Waals surface area contributed by atoms with Crippen LogP contribution in [0.2, 0.25) is 0 Å². The van der Waals surface area contributed by atoms with Crippen LogP contribution in [0.1, 0.15) is 13.3 Å². The van der Waals surface area contributed by atoms with E-state index in [-0.39, 0.29) is 29.9 Å². The van der Waals surface area contributed by atoms with Crippen LogP contribution in [-0.4, -0.2) is 44.6 Å². The molecule has 1 N–H and O–H groups in total. The van der Waals surface area contributed by atoms with Gasteiger partial charge in [0.05, 0.1) is 27.7 Å². The van der Waals surface area contributed by atoms with Gasteiger partial charge in [0.25, 0.3) is 0 Å². The molecule has 0 aliphatic heterocycles. The van der Waals surface area contributed by atoms with Gasteiger partial charge in [-0.05, 0) is 13.0 Å². The van der Waals surface area contributed by atoms with Gasteiger partial charge in [-0.15, -0.1) is 0 Å². The van der Waals surface area contributed by atoms with Crippen LogP contribution in [-0.2, 0) is 4.79 Å². The van der Waals surface area contributed by atoms with E-state index in [1.807, 2.05) is 6.92 Å². The van der Waals surface area contributed by atoms with Crippen molar-refractivity contribution in [2.45, 2.75) is 13.3 Å². The minimum atomic E-state index is 0. The number of quaternary nitrogens is 1. The summed E-state index contributed by atoms with van der Waals surface area (Å²) in [5.41, 5.74) is 0. The Hall–Kier alpha value is -0.100. The molecule has 4 heteroatoms. The lowest BCUT2D eigenvalue weighted by molar-refractivity contribution is -0.870. The van der Waals surface area contributed by atoms with Crippen LogP contribution < -0.4 is 29.3 Å². The van der Waals surface area contributed by atoms with Crippen molar-refractivity contribution in [3.05, 3.63) is 12.2 Å². The molecule has 84 valence electrons. The molecule has 1 amide bonds. The van der Waals surface area contributed by atoms with E-state index in [9.17, 15) is 4.79 Å². The summed E-state index contributed by atoms with van der Waals surface area (Å²) >= 11 is 0. The summed E-state index contributed by atoms with van der Waals surface area (Å²) in [6, 6.07) is 0. The molecule has 0 saturated carbocycles. The second-order valence-corrected chi connectivity index (χ2v) is 4.16. The summed E-state index contributed by atoms with van der Waals surface area (Å²) in [4.78, 5) is 11.0. The zero-order valence-corrected chi connectivity index (χ0v) is 11.7. The van der Waals surface area contributed by atoms with Gasteiger partial charge in [0, 0.05) is 13.0 Å². The van der Waals surface area contributed by atoms with Gasteiger partial charge in [0.1, 0.15) is 0 Å². The number of rotatable bonds is 5. The Morgan fingerprint density at radius 3 is 2.36 bits per heavy atom. The van der Waals surface area contributed by atoms with Gasteiger partial charge < -0.3 is 33.8 Å². The van der Waals surface area contributed by atoms with Gasteiger partial charge in [-0.25, -0.2) is 0 Å². The SMILES string of the molecule is CC=CC(=O)NCCC[N+](C)(C)C.[I-]. The fourth-order valence-electron chi connectivity index (χ4n) is 0.975. The van der Waals surface area contributed by atoms with E-state index >= 15 is 0 Å². The van der Waals surface area contributed by atoms with E-state index in [1.54, 1.807) is 12.2 Å². The molecule has 0 aromatic heterocycles. The summed E-state index contributed by atoms with van der Waals surface area (Å²) < 4.78 is 0.944. The number of carbonyl (C=O) groups excluding carboxylic acids is 1. The number of nitrogens with one attached hydrogen (secondary N) is 1. The first-order chi connectivity index (χ1) is 5.95. The van der Waals surface area contributed by atoms with E-state index in [2.05, 4.69) is 26.5 Å². The van der Waals surface area contributed by atoms with E-state index in [0.29, 0.717) is 0 Å². The first-order valence-corrected chi connectivity index (χ1v) is 4.66. The van der Waals surface area contributed by atoms with Crippen molar-refractivity contribution >= 4 is 5.91 Å². The number of nitrogens with zero attached hydrogens (tertiary/aromatic N) is 1. The van der Waals surface area contributed by atoms with Crippen molar-refractivity contribution < 1.29 is 33.3 Å². The lowest BCUT2D eigenvalue weighted by Crippen LogP contribution is -3.00. The maximum absolute atomic E-state index is 11.0. The Labute approximate surface area is 104 Å². The first-order valence-electron chi connectivity index (χ1n) is 4.66. The highest BCUT2D eigenvalue weighted by atomic mass is 127. The average molecular weight is 312 g/mol. The standard InChI is InChI=1S/C10H20N2O.HI/c1-5-7-10(13)11-8-6-9-12(2,3)4;/h5,7H,6,8-9H2,1-4H3;1H. The summed E-state index contributed by atoms with van der Waals surface area (Å²) in [6.45, 7) is 3.68. The quantitative estimate of drug-likeness (QED) is 0.265. The largest absolute Gasteiger partial charge is 1.00 e. The van der Waals surface area contributed by atoms with Crippen LogP contribution in [0.25, 0.3) is 0 Å². The fourth-order valence-corrected chi connectivity index (χ4v) is 0.975. The maximum atomic E-state index is 11.0. The van der Waals surface area contributed by atoms with Crippen LogP contribution in [0, 0.1) is 0 Å². The minimum absolute atomic E-state index is 0. The van der Waals surface area contributed by atoms with Gasteiger partial charge in [-0.1, -0.05) is 6.08 Å². The Kier molecular flexibility index (Phi) is 9.60. The predicted octanol–water partition coefficient (Wildman–Crippen LogP) is -2.22. The molecular formula is C10H21IN2O. The first kappa shape index (κ1) is 16.3. The van der Waals surface area contributed by atoms with E-state index < -0.39 is 0 Å². The van der Waals surface area contributed by atoms with Crippen LogP contribution in [0.5, 0.6) is 0 Å². The Morgan fingerprint density at radius 2 is 1.93 bits per heavy atom. The molecule has 0 spiro atoms. The normalized spacial score (nSPS) is 11.1. The minimum Gasteiger partial charge on any atom is -1.00 e. The van der Waals surface area contributed by atoms with E-state index in [0.717, 1.165) is 24.0 Å². The van der Waals surface area contributed by atoms with Gasteiger partial charge in [-0.3, -0.25) is 4.79 Å². The van der Waals surface area contributed by atoms with Crippen LogP contribution in [0.15, 0.2) is 12.2 Å². The van der Waals surface area contributed by atoms with Gasteiger partial charge in [-0.2, -0.15) is 0 Å². The molecule has 0 aliphatic carbocycles. The third-order valence-corrected chi connectivity index (χ3v) is 1.62. The van der Waals surface area contributed by atoms with Crippen molar-refractivity contribution in [1.29, 1.82) is 0 Å². The number of amides is 1. The number of carbonyl (C=O) groups is 1. The highest BCUT2D eigenvalue weighted by Gasteiger charge is 2.05. The molecule has 0 fully saturated rings. The van der Waals surface area contributed by atoms with E-state index in [4.69, 9.17) is 0 Å². The van der Waals surface area contributed by atoms with Gasteiger partial charge in [0.15, 0.2) is 0 Å². The van der Waals surface area contributed by atoms with Crippen molar-refractivity contribution in [3.8, 4) is 0 Å². The molecule has 0 aromatic rings. The summed E-state index contributed by atoms with van der Waals surface area (Å²) in [7, 11) is 6.44. The third-order valence-electron chi connectivity index (χ3n) is 1.62. The summed E-state index contributed by atoms with van der Waals surface area (Å²) in [5, 5.41) is 2.82. The van der Waals surface area contributed by atoms with Crippen molar-refractivity contribution in [3.63, 3.8) is 0 Å². The lowest BCUT2D eigenvalue weighted by Gasteiger charge is -2.23. The topological polar surface area (TPSA) is 29.1 Å². The molecule has 0 bridgehead atoms.